The van der Waals surface area contributed by atoms with Gasteiger partial charge in [0.2, 0.25) is 11.9 Å². The van der Waals surface area contributed by atoms with Crippen LogP contribution in [0.1, 0.15) is 15.9 Å². The van der Waals surface area contributed by atoms with E-state index < -0.39 is 0 Å². The molecular weight excluding hydrogens is 535 g/mol. The van der Waals surface area contributed by atoms with Gasteiger partial charge in [0.25, 0.3) is 5.91 Å². The highest BCUT2D eigenvalue weighted by molar-refractivity contribution is 14.1. The molecule has 1 N–H and O–H groups in total. The Balaban J connectivity index is 1.22. The molecule has 3 heterocycles. The van der Waals surface area contributed by atoms with Gasteiger partial charge in [-0.2, -0.15) is 0 Å². The molecule has 0 spiro atoms. The molecule has 2 aromatic heterocycles. The number of carbonyl (C=O) groups is 2. The van der Waals surface area contributed by atoms with E-state index in [9.17, 15) is 9.59 Å². The Morgan fingerprint density at radius 1 is 1.00 bits per heavy atom. The fourth-order valence-corrected chi connectivity index (χ4v) is 3.85. The Kier molecular flexibility index (Phi) is 7.66. The molecule has 0 aliphatic carbocycles. The summed E-state index contributed by atoms with van der Waals surface area (Å²) in [4.78, 5) is 41.4. The number of halogens is 1. The average molecular weight is 558 g/mol. The first-order valence-electron chi connectivity index (χ1n) is 10.5. The molecule has 0 unspecified atom stereocenters. The van der Waals surface area contributed by atoms with Crippen LogP contribution < -0.4 is 15.0 Å². The van der Waals surface area contributed by atoms with Crippen molar-refractivity contribution >= 4 is 40.4 Å². The molecule has 0 bridgehead atoms. The number of nitrogens with one attached hydrogen (secondary N) is 1. The molecule has 1 aromatic carbocycles. The topological polar surface area (TPSA) is 101 Å². The predicted molar refractivity (Wildman–Crippen MR) is 131 cm³/mol. The standard InChI is InChI=1S/C23H23IN6O3/c24-20-12-18(6-7-25-20)22(32)26-15-21(31)29-8-10-30(11-9-29)23-27-13-19(14-28-23)33-16-17-4-2-1-3-5-17/h1-7,12-14H,8-11,15-16H2,(H,26,32). The molecule has 2 amide bonds. The van der Waals surface area contributed by atoms with Crippen molar-refractivity contribution in [1.29, 1.82) is 0 Å². The number of amides is 2. The smallest absolute Gasteiger partial charge is 0.251 e. The van der Waals surface area contributed by atoms with E-state index in [1.54, 1.807) is 35.6 Å². The Hall–Kier alpha value is -3.28. The van der Waals surface area contributed by atoms with E-state index in [4.69, 9.17) is 4.74 Å². The number of pyridine rings is 1. The molecule has 33 heavy (non-hydrogen) atoms. The lowest BCUT2D eigenvalue weighted by molar-refractivity contribution is -0.130. The molecule has 0 atom stereocenters. The Morgan fingerprint density at radius 2 is 1.73 bits per heavy atom. The summed E-state index contributed by atoms with van der Waals surface area (Å²) in [5, 5.41) is 2.68. The van der Waals surface area contributed by atoms with Crippen molar-refractivity contribution in [3.05, 3.63) is 75.9 Å². The first-order chi connectivity index (χ1) is 16.1. The van der Waals surface area contributed by atoms with Crippen molar-refractivity contribution in [2.24, 2.45) is 0 Å². The number of rotatable bonds is 7. The predicted octanol–water partition coefficient (Wildman–Crippen LogP) is 2.13. The maximum atomic E-state index is 12.5. The van der Waals surface area contributed by atoms with Crippen molar-refractivity contribution < 1.29 is 14.3 Å². The van der Waals surface area contributed by atoms with Crippen molar-refractivity contribution in [3.63, 3.8) is 0 Å². The second-order valence-electron chi connectivity index (χ2n) is 7.41. The summed E-state index contributed by atoms with van der Waals surface area (Å²) in [5.41, 5.74) is 1.56. The number of hydrogen-bond acceptors (Lipinski definition) is 7. The average Bonchev–Trinajstić information content (AvgIpc) is 2.87. The van der Waals surface area contributed by atoms with E-state index in [1.807, 2.05) is 57.8 Å². The third kappa shape index (κ3) is 6.37. The number of carbonyl (C=O) groups excluding carboxylic acids is 2. The van der Waals surface area contributed by atoms with E-state index in [-0.39, 0.29) is 18.4 Å². The summed E-state index contributed by atoms with van der Waals surface area (Å²) in [6.07, 6.45) is 4.90. The molecule has 1 aliphatic heterocycles. The lowest BCUT2D eigenvalue weighted by Gasteiger charge is -2.34. The summed E-state index contributed by atoms with van der Waals surface area (Å²) in [5.74, 6) is 0.813. The number of piperazine rings is 1. The van der Waals surface area contributed by atoms with Gasteiger partial charge in [0.15, 0.2) is 5.75 Å². The molecule has 10 heteroatoms. The molecule has 1 aliphatic rings. The summed E-state index contributed by atoms with van der Waals surface area (Å²) >= 11 is 2.04. The first kappa shape index (κ1) is 22.9. The normalized spacial score (nSPS) is 13.5. The van der Waals surface area contributed by atoms with Crippen LogP contribution in [0.25, 0.3) is 0 Å². The Morgan fingerprint density at radius 3 is 2.42 bits per heavy atom. The second kappa shape index (κ2) is 11.0. The third-order valence-electron chi connectivity index (χ3n) is 5.17. The minimum absolute atomic E-state index is 0.0400. The Labute approximate surface area is 205 Å². The molecular formula is C23H23IN6O3. The fourth-order valence-electron chi connectivity index (χ4n) is 3.36. The maximum Gasteiger partial charge on any atom is 0.251 e. The summed E-state index contributed by atoms with van der Waals surface area (Å²) in [6.45, 7) is 2.73. The molecule has 4 rings (SSSR count). The SMILES string of the molecule is O=C(NCC(=O)N1CCN(c2ncc(OCc3ccccc3)cn2)CC1)c1ccnc(I)c1. The molecule has 9 nitrogen and oxygen atoms in total. The molecule has 0 saturated carbocycles. The number of nitrogens with zero attached hydrogens (tertiary/aromatic N) is 5. The summed E-state index contributed by atoms with van der Waals surface area (Å²) in [7, 11) is 0. The summed E-state index contributed by atoms with van der Waals surface area (Å²) in [6, 6.07) is 13.2. The Bertz CT molecular complexity index is 1090. The van der Waals surface area contributed by atoms with Crippen LogP contribution in [0.15, 0.2) is 61.1 Å². The molecule has 1 saturated heterocycles. The van der Waals surface area contributed by atoms with Gasteiger partial charge in [-0.15, -0.1) is 0 Å². The van der Waals surface area contributed by atoms with Crippen LogP contribution in [0.5, 0.6) is 5.75 Å². The maximum absolute atomic E-state index is 12.5. The van der Waals surface area contributed by atoms with Gasteiger partial charge in [0.05, 0.1) is 18.9 Å². The van der Waals surface area contributed by atoms with Crippen LogP contribution >= 0.6 is 22.6 Å². The zero-order chi connectivity index (χ0) is 23.0. The number of hydrogen-bond donors (Lipinski definition) is 1. The highest BCUT2D eigenvalue weighted by Crippen LogP contribution is 2.15. The largest absolute Gasteiger partial charge is 0.486 e. The van der Waals surface area contributed by atoms with Crippen molar-refractivity contribution in [1.82, 2.24) is 25.2 Å². The van der Waals surface area contributed by atoms with Crippen LogP contribution in [0, 0.1) is 3.70 Å². The van der Waals surface area contributed by atoms with E-state index in [1.165, 1.54) is 0 Å². The van der Waals surface area contributed by atoms with E-state index >= 15 is 0 Å². The van der Waals surface area contributed by atoms with Gasteiger partial charge in [-0.05, 0) is 40.3 Å². The lowest BCUT2D eigenvalue weighted by atomic mass is 10.2. The highest BCUT2D eigenvalue weighted by atomic mass is 127. The van der Waals surface area contributed by atoms with Gasteiger partial charge in [0, 0.05) is 37.9 Å². The minimum Gasteiger partial charge on any atom is -0.486 e. The van der Waals surface area contributed by atoms with E-state index in [0.29, 0.717) is 50.0 Å². The monoisotopic (exact) mass is 558 g/mol. The van der Waals surface area contributed by atoms with E-state index in [2.05, 4.69) is 20.3 Å². The third-order valence-corrected chi connectivity index (χ3v) is 5.76. The molecule has 170 valence electrons. The number of ether oxygens (including phenoxy) is 1. The van der Waals surface area contributed by atoms with Gasteiger partial charge in [-0.25, -0.2) is 9.97 Å². The zero-order valence-electron chi connectivity index (χ0n) is 17.9. The first-order valence-corrected chi connectivity index (χ1v) is 11.6. The van der Waals surface area contributed by atoms with Gasteiger partial charge >= 0.3 is 0 Å². The van der Waals surface area contributed by atoms with Crippen molar-refractivity contribution in [3.8, 4) is 5.75 Å². The van der Waals surface area contributed by atoms with Crippen LogP contribution in [-0.4, -0.2) is 64.4 Å². The van der Waals surface area contributed by atoms with Crippen LogP contribution in [0.3, 0.4) is 0 Å². The van der Waals surface area contributed by atoms with Crippen LogP contribution in [-0.2, 0) is 11.4 Å². The highest BCUT2D eigenvalue weighted by Gasteiger charge is 2.23. The zero-order valence-corrected chi connectivity index (χ0v) is 20.0. The number of aromatic nitrogens is 3. The minimum atomic E-state index is -0.287. The fraction of sp³-hybridized carbons (Fsp3) is 0.261. The van der Waals surface area contributed by atoms with Gasteiger partial charge in [-0.3, -0.25) is 14.6 Å². The van der Waals surface area contributed by atoms with Gasteiger partial charge in [-0.1, -0.05) is 30.3 Å². The van der Waals surface area contributed by atoms with E-state index in [0.717, 1.165) is 9.26 Å². The number of anilines is 1. The molecule has 1 fully saturated rings. The van der Waals surface area contributed by atoms with Crippen molar-refractivity contribution in [2.75, 3.05) is 37.6 Å². The number of benzene rings is 1. The molecule has 3 aromatic rings. The second-order valence-corrected chi connectivity index (χ2v) is 8.52. The molecule has 0 radical (unpaired) electrons. The summed E-state index contributed by atoms with van der Waals surface area (Å²) < 4.78 is 6.46. The quantitative estimate of drug-likeness (QED) is 0.351. The van der Waals surface area contributed by atoms with Gasteiger partial charge in [0.1, 0.15) is 10.3 Å². The lowest BCUT2D eigenvalue weighted by Crippen LogP contribution is -2.51. The van der Waals surface area contributed by atoms with Crippen molar-refractivity contribution in [2.45, 2.75) is 6.61 Å². The van der Waals surface area contributed by atoms with Crippen LogP contribution in [0.2, 0.25) is 0 Å². The van der Waals surface area contributed by atoms with Crippen LogP contribution in [0.4, 0.5) is 5.95 Å². The van der Waals surface area contributed by atoms with Gasteiger partial charge < -0.3 is 19.9 Å².